The van der Waals surface area contributed by atoms with Crippen LogP contribution in [0.3, 0.4) is 0 Å². The molecule has 6 heteroatoms. The number of aromatic nitrogens is 4. The number of methoxy groups -OCH3 is 1. The Balaban J connectivity index is 2.49. The zero-order valence-corrected chi connectivity index (χ0v) is 12.4. The highest BCUT2D eigenvalue weighted by Crippen LogP contribution is 2.32. The van der Waals surface area contributed by atoms with Crippen molar-refractivity contribution in [3.05, 3.63) is 18.2 Å². The quantitative estimate of drug-likeness (QED) is 0.848. The van der Waals surface area contributed by atoms with Gasteiger partial charge in [0, 0.05) is 5.69 Å². The molecule has 0 radical (unpaired) electrons. The van der Waals surface area contributed by atoms with Crippen molar-refractivity contribution in [1.29, 1.82) is 0 Å². The van der Waals surface area contributed by atoms with E-state index in [1.54, 1.807) is 13.2 Å². The maximum atomic E-state index is 5.87. The second kappa shape index (κ2) is 5.90. The summed E-state index contributed by atoms with van der Waals surface area (Å²) in [6.07, 6.45) is 1.06. The van der Waals surface area contributed by atoms with Crippen LogP contribution in [0.1, 0.15) is 33.2 Å². The lowest BCUT2D eigenvalue weighted by molar-refractivity contribution is 0.339. The van der Waals surface area contributed by atoms with Gasteiger partial charge in [0.15, 0.2) is 5.82 Å². The molecule has 2 rings (SSSR count). The van der Waals surface area contributed by atoms with Crippen LogP contribution in [0.15, 0.2) is 18.2 Å². The largest absolute Gasteiger partial charge is 0.496 e. The fourth-order valence-corrected chi connectivity index (χ4v) is 2.13. The van der Waals surface area contributed by atoms with Gasteiger partial charge in [0.1, 0.15) is 5.75 Å². The monoisotopic (exact) mass is 275 g/mol. The Morgan fingerprint density at radius 1 is 1.35 bits per heavy atom. The third kappa shape index (κ3) is 2.59. The number of nitrogens with two attached hydrogens (primary N) is 1. The van der Waals surface area contributed by atoms with Gasteiger partial charge in [-0.15, -0.1) is 5.10 Å². The van der Waals surface area contributed by atoms with Gasteiger partial charge < -0.3 is 10.5 Å². The normalized spacial score (nSPS) is 14.0. The number of tetrazole rings is 1. The van der Waals surface area contributed by atoms with E-state index in [-0.39, 0.29) is 6.04 Å². The molecule has 1 aromatic heterocycles. The molecule has 0 aliphatic rings. The van der Waals surface area contributed by atoms with Crippen molar-refractivity contribution in [2.75, 3.05) is 12.8 Å². The summed E-state index contributed by atoms with van der Waals surface area (Å²) in [6.45, 7) is 6.46. The SMILES string of the molecule is CCC(C)C(C)n1nnnc1-c1cc(N)ccc1OC. The molecule has 0 bridgehead atoms. The van der Waals surface area contributed by atoms with Crippen LogP contribution in [0.5, 0.6) is 5.75 Å². The molecule has 0 amide bonds. The maximum Gasteiger partial charge on any atom is 0.186 e. The Hall–Kier alpha value is -2.11. The number of anilines is 1. The Kier molecular flexibility index (Phi) is 4.22. The molecule has 0 spiro atoms. The third-order valence-electron chi connectivity index (χ3n) is 3.81. The van der Waals surface area contributed by atoms with Gasteiger partial charge in [0.25, 0.3) is 0 Å². The second-order valence-electron chi connectivity index (χ2n) is 5.03. The summed E-state index contributed by atoms with van der Waals surface area (Å²) in [6, 6.07) is 5.67. The lowest BCUT2D eigenvalue weighted by Gasteiger charge is -2.20. The first kappa shape index (κ1) is 14.3. The topological polar surface area (TPSA) is 78.9 Å². The summed E-state index contributed by atoms with van der Waals surface area (Å²) in [5, 5.41) is 12.1. The Morgan fingerprint density at radius 3 is 2.75 bits per heavy atom. The molecule has 1 heterocycles. The van der Waals surface area contributed by atoms with Crippen molar-refractivity contribution >= 4 is 5.69 Å². The molecular formula is C14H21N5O. The number of nitrogens with zero attached hydrogens (tertiary/aromatic N) is 4. The van der Waals surface area contributed by atoms with Gasteiger partial charge in [0.05, 0.1) is 18.7 Å². The van der Waals surface area contributed by atoms with E-state index in [0.29, 0.717) is 23.2 Å². The van der Waals surface area contributed by atoms with Crippen molar-refractivity contribution < 1.29 is 4.74 Å². The van der Waals surface area contributed by atoms with Gasteiger partial charge in [-0.25, -0.2) is 4.68 Å². The Labute approximate surface area is 118 Å². The van der Waals surface area contributed by atoms with E-state index < -0.39 is 0 Å². The predicted octanol–water partition coefficient (Wildman–Crippen LogP) is 2.54. The van der Waals surface area contributed by atoms with Crippen LogP contribution in [0.2, 0.25) is 0 Å². The first-order valence-electron chi connectivity index (χ1n) is 6.80. The first-order chi connectivity index (χ1) is 9.58. The van der Waals surface area contributed by atoms with E-state index in [0.717, 1.165) is 12.0 Å². The number of rotatable bonds is 5. The number of ether oxygens (including phenoxy) is 1. The van der Waals surface area contributed by atoms with Crippen LogP contribution in [0, 0.1) is 5.92 Å². The Morgan fingerprint density at radius 2 is 2.10 bits per heavy atom. The average molecular weight is 275 g/mol. The first-order valence-corrected chi connectivity index (χ1v) is 6.80. The molecule has 0 aliphatic heterocycles. The van der Waals surface area contributed by atoms with Crippen LogP contribution in [-0.4, -0.2) is 27.3 Å². The van der Waals surface area contributed by atoms with Crippen molar-refractivity contribution in [3.8, 4) is 17.1 Å². The number of hydrogen-bond acceptors (Lipinski definition) is 5. The van der Waals surface area contributed by atoms with Crippen LogP contribution in [0.4, 0.5) is 5.69 Å². The van der Waals surface area contributed by atoms with Crippen LogP contribution >= 0.6 is 0 Å². The highest BCUT2D eigenvalue weighted by atomic mass is 16.5. The predicted molar refractivity (Wildman–Crippen MR) is 78.4 cm³/mol. The third-order valence-corrected chi connectivity index (χ3v) is 3.81. The fourth-order valence-electron chi connectivity index (χ4n) is 2.13. The molecule has 6 nitrogen and oxygen atoms in total. The van der Waals surface area contributed by atoms with Crippen LogP contribution < -0.4 is 10.5 Å². The summed E-state index contributed by atoms with van der Waals surface area (Å²) >= 11 is 0. The minimum absolute atomic E-state index is 0.205. The van der Waals surface area contributed by atoms with Gasteiger partial charge in [0.2, 0.25) is 0 Å². The molecule has 2 N–H and O–H groups in total. The van der Waals surface area contributed by atoms with Gasteiger partial charge in [-0.05, 0) is 41.5 Å². The van der Waals surface area contributed by atoms with Crippen LogP contribution in [0.25, 0.3) is 11.4 Å². The zero-order chi connectivity index (χ0) is 14.7. The highest BCUT2D eigenvalue weighted by molar-refractivity contribution is 5.68. The van der Waals surface area contributed by atoms with E-state index in [9.17, 15) is 0 Å². The van der Waals surface area contributed by atoms with E-state index in [2.05, 4.69) is 36.3 Å². The van der Waals surface area contributed by atoms with Crippen LogP contribution in [-0.2, 0) is 0 Å². The number of nitrogen functional groups attached to an aromatic ring is 1. The molecule has 0 saturated heterocycles. The van der Waals surface area contributed by atoms with Gasteiger partial charge in [-0.3, -0.25) is 0 Å². The molecule has 1 aromatic carbocycles. The lowest BCUT2D eigenvalue weighted by Crippen LogP contribution is -2.16. The molecule has 0 fully saturated rings. The maximum absolute atomic E-state index is 5.87. The van der Waals surface area contributed by atoms with Crippen molar-refractivity contribution in [2.24, 2.45) is 5.92 Å². The van der Waals surface area contributed by atoms with Gasteiger partial charge in [-0.1, -0.05) is 20.3 Å². The van der Waals surface area contributed by atoms with Gasteiger partial charge in [-0.2, -0.15) is 0 Å². The van der Waals surface area contributed by atoms with Gasteiger partial charge >= 0.3 is 0 Å². The Bertz CT molecular complexity index is 581. The number of hydrogen-bond donors (Lipinski definition) is 1. The van der Waals surface area contributed by atoms with Crippen molar-refractivity contribution in [1.82, 2.24) is 20.2 Å². The number of benzene rings is 1. The molecule has 2 unspecified atom stereocenters. The fraction of sp³-hybridized carbons (Fsp3) is 0.500. The lowest BCUT2D eigenvalue weighted by atomic mass is 10.0. The molecule has 20 heavy (non-hydrogen) atoms. The minimum Gasteiger partial charge on any atom is -0.496 e. The standard InChI is InChI=1S/C14H21N5O/c1-5-9(2)10(3)19-14(16-17-18-19)12-8-11(15)6-7-13(12)20-4/h6-10H,5,15H2,1-4H3. The molecule has 108 valence electrons. The summed E-state index contributed by atoms with van der Waals surface area (Å²) in [7, 11) is 1.63. The van der Waals surface area contributed by atoms with Crippen molar-refractivity contribution in [2.45, 2.75) is 33.2 Å². The summed E-state index contributed by atoms with van der Waals surface area (Å²) in [4.78, 5) is 0. The van der Waals surface area contributed by atoms with E-state index in [1.165, 1.54) is 0 Å². The molecular weight excluding hydrogens is 254 g/mol. The van der Waals surface area contributed by atoms with E-state index >= 15 is 0 Å². The molecule has 2 aromatic rings. The second-order valence-corrected chi connectivity index (χ2v) is 5.03. The highest BCUT2D eigenvalue weighted by Gasteiger charge is 2.21. The summed E-state index contributed by atoms with van der Waals surface area (Å²) < 4.78 is 7.22. The summed E-state index contributed by atoms with van der Waals surface area (Å²) in [5.41, 5.74) is 7.34. The summed E-state index contributed by atoms with van der Waals surface area (Å²) in [5.74, 6) is 1.87. The minimum atomic E-state index is 0.205. The zero-order valence-electron chi connectivity index (χ0n) is 12.4. The smallest absolute Gasteiger partial charge is 0.186 e. The van der Waals surface area contributed by atoms with E-state index in [4.69, 9.17) is 10.5 Å². The molecule has 0 saturated carbocycles. The molecule has 2 atom stereocenters. The average Bonchev–Trinajstić information content (AvgIpc) is 2.94. The molecule has 0 aliphatic carbocycles. The van der Waals surface area contributed by atoms with E-state index in [1.807, 2.05) is 16.8 Å². The van der Waals surface area contributed by atoms with Crippen molar-refractivity contribution in [3.63, 3.8) is 0 Å².